The third-order valence-corrected chi connectivity index (χ3v) is 2.62. The molecule has 1 heterocycles. The van der Waals surface area contributed by atoms with Crippen LogP contribution in [0.4, 0.5) is 11.7 Å². The molecule has 0 aliphatic heterocycles. The average molecular weight is 336 g/mol. The highest BCUT2D eigenvalue weighted by Gasteiger charge is 2.04. The van der Waals surface area contributed by atoms with Gasteiger partial charge in [0.05, 0.1) is 0 Å². The topological polar surface area (TPSA) is 51.0 Å². The van der Waals surface area contributed by atoms with E-state index in [9.17, 15) is 0 Å². The van der Waals surface area contributed by atoms with E-state index < -0.39 is 0 Å². The molecule has 0 bridgehead atoms. The summed E-state index contributed by atoms with van der Waals surface area (Å²) in [6.07, 6.45) is 0. The zero-order chi connectivity index (χ0) is 10.7. The molecule has 0 amide bonds. The third-order valence-electron chi connectivity index (χ3n) is 1.68. The predicted octanol–water partition coefficient (Wildman–Crippen LogP) is 3.16. The Bertz CT molecular complexity index is 443. The molecule has 0 radical (unpaired) electrons. The maximum atomic E-state index is 5.54. The second-order valence-electron chi connectivity index (χ2n) is 2.77. The molecule has 0 saturated carbocycles. The summed E-state index contributed by atoms with van der Waals surface area (Å²) in [5.74, 6) is 0.631. The van der Waals surface area contributed by atoms with Gasteiger partial charge in [0.25, 0.3) is 0 Å². The molecule has 0 unspecified atom stereocenters. The van der Waals surface area contributed by atoms with E-state index in [1.165, 1.54) is 3.57 Å². The van der Waals surface area contributed by atoms with Gasteiger partial charge < -0.3 is 9.73 Å². The van der Waals surface area contributed by atoms with Crippen molar-refractivity contribution in [3.63, 3.8) is 0 Å². The quantitative estimate of drug-likeness (QED) is 0.691. The normalized spacial score (nSPS) is 10.3. The first kappa shape index (κ1) is 10.7. The Morgan fingerprint density at radius 1 is 1.27 bits per heavy atom. The number of halogens is 2. The van der Waals surface area contributed by atoms with Crippen LogP contribution >= 0.6 is 34.2 Å². The molecule has 2 rings (SSSR count). The molecule has 1 aromatic heterocycles. The fraction of sp³-hybridized carbons (Fsp3) is 0.111. The SMILES string of the molecule is ClCc1nnc(Nc2ccc(I)cc2)o1. The van der Waals surface area contributed by atoms with Crippen molar-refractivity contribution in [2.75, 3.05) is 5.32 Å². The Labute approximate surface area is 105 Å². The molecule has 4 nitrogen and oxygen atoms in total. The third kappa shape index (κ3) is 2.82. The molecule has 78 valence electrons. The van der Waals surface area contributed by atoms with Crippen molar-refractivity contribution < 1.29 is 4.42 Å². The number of rotatable bonds is 3. The molecule has 0 spiro atoms. The molecule has 0 atom stereocenters. The fourth-order valence-electron chi connectivity index (χ4n) is 1.01. The summed E-state index contributed by atoms with van der Waals surface area (Å²) in [7, 11) is 0. The highest BCUT2D eigenvalue weighted by molar-refractivity contribution is 14.1. The summed E-state index contributed by atoms with van der Waals surface area (Å²) in [6, 6.07) is 8.20. The van der Waals surface area contributed by atoms with Crippen LogP contribution in [0, 0.1) is 3.57 Å². The number of nitrogens with zero attached hydrogens (tertiary/aromatic N) is 2. The van der Waals surface area contributed by atoms with Gasteiger partial charge in [-0.3, -0.25) is 0 Å². The Kier molecular flexibility index (Phi) is 3.42. The smallest absolute Gasteiger partial charge is 0.320 e. The van der Waals surface area contributed by atoms with Gasteiger partial charge in [-0.2, -0.15) is 0 Å². The lowest BCUT2D eigenvalue weighted by Gasteiger charge is -1.99. The van der Waals surface area contributed by atoms with Crippen molar-refractivity contribution >= 4 is 45.9 Å². The van der Waals surface area contributed by atoms with Gasteiger partial charge in [0.2, 0.25) is 5.89 Å². The number of benzene rings is 1. The van der Waals surface area contributed by atoms with Gasteiger partial charge in [0, 0.05) is 9.26 Å². The van der Waals surface area contributed by atoms with Crippen LogP contribution in [0.3, 0.4) is 0 Å². The molecule has 0 fully saturated rings. The molecule has 1 aromatic carbocycles. The van der Waals surface area contributed by atoms with E-state index in [0.717, 1.165) is 5.69 Å². The van der Waals surface area contributed by atoms with Gasteiger partial charge in [0.15, 0.2) is 0 Å². The van der Waals surface area contributed by atoms with Crippen LogP contribution in [-0.4, -0.2) is 10.2 Å². The van der Waals surface area contributed by atoms with Gasteiger partial charge in [-0.15, -0.1) is 16.7 Å². The zero-order valence-corrected chi connectivity index (χ0v) is 10.5. The standard InChI is InChI=1S/C9H7ClIN3O/c10-5-8-13-14-9(15-8)12-7-3-1-6(11)2-4-7/h1-4H,5H2,(H,12,14). The molecule has 0 saturated heterocycles. The first-order chi connectivity index (χ1) is 7.28. The molecule has 6 heteroatoms. The van der Waals surface area contributed by atoms with E-state index in [1.54, 1.807) is 0 Å². The van der Waals surface area contributed by atoms with Gasteiger partial charge in [-0.25, -0.2) is 0 Å². The highest BCUT2D eigenvalue weighted by atomic mass is 127. The van der Waals surface area contributed by atoms with E-state index >= 15 is 0 Å². The van der Waals surface area contributed by atoms with E-state index in [-0.39, 0.29) is 5.88 Å². The Hall–Kier alpha value is -0.820. The summed E-state index contributed by atoms with van der Waals surface area (Å²) in [5, 5.41) is 10.5. The van der Waals surface area contributed by atoms with Crippen molar-refractivity contribution in [3.05, 3.63) is 33.7 Å². The largest absolute Gasteiger partial charge is 0.407 e. The second-order valence-corrected chi connectivity index (χ2v) is 4.28. The van der Waals surface area contributed by atoms with Crippen LogP contribution in [0.1, 0.15) is 5.89 Å². The zero-order valence-electron chi connectivity index (χ0n) is 7.58. The molecular formula is C9H7ClIN3O. The number of hydrogen-bond acceptors (Lipinski definition) is 4. The molecular weight excluding hydrogens is 328 g/mol. The highest BCUT2D eigenvalue weighted by Crippen LogP contribution is 2.17. The van der Waals surface area contributed by atoms with E-state index in [0.29, 0.717) is 11.9 Å². The number of nitrogens with one attached hydrogen (secondary N) is 1. The molecule has 1 N–H and O–H groups in total. The Morgan fingerprint density at radius 3 is 2.60 bits per heavy atom. The molecule has 0 aliphatic rings. The Morgan fingerprint density at radius 2 is 2.00 bits per heavy atom. The van der Waals surface area contributed by atoms with E-state index in [2.05, 4.69) is 38.1 Å². The monoisotopic (exact) mass is 335 g/mol. The molecule has 2 aromatic rings. The van der Waals surface area contributed by atoms with Gasteiger partial charge in [0.1, 0.15) is 5.88 Å². The first-order valence-electron chi connectivity index (χ1n) is 4.19. The lowest BCUT2D eigenvalue weighted by Crippen LogP contribution is -1.89. The minimum absolute atomic E-state index is 0.224. The molecule has 0 aliphatic carbocycles. The summed E-state index contributed by atoms with van der Waals surface area (Å²) in [6.45, 7) is 0. The lowest BCUT2D eigenvalue weighted by molar-refractivity contribution is 0.530. The average Bonchev–Trinajstić information content (AvgIpc) is 2.69. The number of hydrogen-bond donors (Lipinski definition) is 1. The number of aromatic nitrogens is 2. The summed E-state index contributed by atoms with van der Waals surface area (Å²) in [5.41, 5.74) is 0.903. The number of anilines is 2. The maximum absolute atomic E-state index is 5.54. The lowest BCUT2D eigenvalue weighted by atomic mass is 10.3. The van der Waals surface area contributed by atoms with Crippen molar-refractivity contribution in [2.24, 2.45) is 0 Å². The fourth-order valence-corrected chi connectivity index (χ4v) is 1.48. The van der Waals surface area contributed by atoms with Crippen molar-refractivity contribution in [1.82, 2.24) is 10.2 Å². The van der Waals surface area contributed by atoms with Gasteiger partial charge >= 0.3 is 6.01 Å². The first-order valence-corrected chi connectivity index (χ1v) is 5.80. The number of alkyl halides is 1. The van der Waals surface area contributed by atoms with Crippen LogP contribution in [0.25, 0.3) is 0 Å². The van der Waals surface area contributed by atoms with Crippen molar-refractivity contribution in [2.45, 2.75) is 5.88 Å². The summed E-state index contributed by atoms with van der Waals surface area (Å²) < 4.78 is 6.37. The maximum Gasteiger partial charge on any atom is 0.320 e. The van der Waals surface area contributed by atoms with Crippen molar-refractivity contribution in [3.8, 4) is 0 Å². The Balaban J connectivity index is 2.11. The minimum atomic E-state index is 0.224. The molecule has 15 heavy (non-hydrogen) atoms. The van der Waals surface area contributed by atoms with E-state index in [4.69, 9.17) is 16.0 Å². The van der Waals surface area contributed by atoms with Crippen LogP contribution in [0.2, 0.25) is 0 Å². The second kappa shape index (κ2) is 4.80. The summed E-state index contributed by atoms with van der Waals surface area (Å²) >= 11 is 7.78. The van der Waals surface area contributed by atoms with Crippen molar-refractivity contribution in [1.29, 1.82) is 0 Å². The van der Waals surface area contributed by atoms with Crippen LogP contribution in [-0.2, 0) is 5.88 Å². The summed E-state index contributed by atoms with van der Waals surface area (Å²) in [4.78, 5) is 0. The van der Waals surface area contributed by atoms with E-state index in [1.807, 2.05) is 24.3 Å². The van der Waals surface area contributed by atoms with Crippen LogP contribution < -0.4 is 5.32 Å². The minimum Gasteiger partial charge on any atom is -0.407 e. The van der Waals surface area contributed by atoms with Crippen LogP contribution in [0.15, 0.2) is 28.7 Å². The van der Waals surface area contributed by atoms with Crippen LogP contribution in [0.5, 0.6) is 0 Å². The van der Waals surface area contributed by atoms with Gasteiger partial charge in [-0.1, -0.05) is 5.10 Å². The van der Waals surface area contributed by atoms with Gasteiger partial charge in [-0.05, 0) is 46.9 Å². The predicted molar refractivity (Wildman–Crippen MR) is 66.3 cm³/mol.